The first-order valence-electron chi connectivity index (χ1n) is 14.5. The maximum Gasteiger partial charge on any atom is 0.490 e. The largest absolute Gasteiger partial charge is 0.490 e. The van der Waals surface area contributed by atoms with Crippen molar-refractivity contribution >= 4 is 34.4 Å². The van der Waals surface area contributed by atoms with E-state index in [1.807, 2.05) is 18.3 Å². The molecule has 47 heavy (non-hydrogen) atoms. The van der Waals surface area contributed by atoms with Crippen molar-refractivity contribution in [3.05, 3.63) is 54.5 Å². The quantitative estimate of drug-likeness (QED) is 0.148. The number of benzene rings is 2. The lowest BCUT2D eigenvalue weighted by molar-refractivity contribution is -0.193. The van der Waals surface area contributed by atoms with Crippen LogP contribution in [0.4, 0.5) is 26.3 Å². The lowest BCUT2D eigenvalue weighted by Crippen LogP contribution is -2.35. The lowest BCUT2D eigenvalue weighted by atomic mass is 10.0. The minimum atomic E-state index is -5.08. The van der Waals surface area contributed by atoms with Crippen LogP contribution in [0, 0.1) is 5.92 Å². The number of carboxylic acid groups (broad SMARTS) is 2. The molecule has 0 saturated carbocycles. The molecule has 258 valence electrons. The molecule has 4 rings (SSSR count). The molecule has 1 aliphatic heterocycles. The van der Waals surface area contributed by atoms with E-state index in [0.29, 0.717) is 6.42 Å². The number of nitrogens with one attached hydrogen (secondary N) is 2. The zero-order chi connectivity index (χ0) is 35.4. The maximum absolute atomic E-state index is 13.0. The fourth-order valence-electron chi connectivity index (χ4n) is 4.63. The number of amides is 1. The number of imidazole rings is 1. The van der Waals surface area contributed by atoms with E-state index in [1.54, 1.807) is 6.92 Å². The maximum atomic E-state index is 13.0. The van der Waals surface area contributed by atoms with Crippen LogP contribution in [0.15, 0.2) is 48.7 Å². The van der Waals surface area contributed by atoms with Gasteiger partial charge in [-0.25, -0.2) is 14.6 Å². The van der Waals surface area contributed by atoms with Crippen molar-refractivity contribution < 1.29 is 55.7 Å². The molecule has 0 bridgehead atoms. The molecule has 1 amide bonds. The molecule has 0 unspecified atom stereocenters. The van der Waals surface area contributed by atoms with Crippen molar-refractivity contribution in [2.75, 3.05) is 20.1 Å². The third-order valence-electron chi connectivity index (χ3n) is 7.07. The highest BCUT2D eigenvalue weighted by Gasteiger charge is 2.39. The highest BCUT2D eigenvalue weighted by atomic mass is 19.4. The Morgan fingerprint density at radius 1 is 0.957 bits per heavy atom. The molecular formula is C31H36F6N4O6. The fraction of sp³-hybridized carbons (Fsp3) is 0.452. The van der Waals surface area contributed by atoms with Gasteiger partial charge in [-0.3, -0.25) is 4.79 Å². The Bertz CT molecular complexity index is 1480. The van der Waals surface area contributed by atoms with Gasteiger partial charge in [0, 0.05) is 18.5 Å². The molecule has 2 heterocycles. The molecule has 10 nitrogen and oxygen atoms in total. The Morgan fingerprint density at radius 3 is 2.09 bits per heavy atom. The first kappa shape index (κ1) is 38.7. The SMILES string of the molecule is CC(=O)CCCCC[C@H](NC(=O)[C@@H]1CCN(C)C1)c1ncc(-c2ccc3ccccc3c2)[nH]1.O=C(O)C(F)(F)F.O=C(O)C(F)(F)F. The van der Waals surface area contributed by atoms with Gasteiger partial charge in [-0.15, -0.1) is 0 Å². The van der Waals surface area contributed by atoms with Crippen LogP contribution in [-0.4, -0.2) is 81.2 Å². The third kappa shape index (κ3) is 13.4. The van der Waals surface area contributed by atoms with Crippen LogP contribution in [0.3, 0.4) is 0 Å². The number of hydrogen-bond donors (Lipinski definition) is 4. The summed E-state index contributed by atoms with van der Waals surface area (Å²) in [6.07, 6.45) is -3.18. The summed E-state index contributed by atoms with van der Waals surface area (Å²) < 4.78 is 63.5. The highest BCUT2D eigenvalue weighted by molar-refractivity contribution is 5.86. The zero-order valence-corrected chi connectivity index (χ0v) is 25.6. The number of halogens is 6. The number of carboxylic acids is 2. The van der Waals surface area contributed by atoms with Crippen LogP contribution in [0.5, 0.6) is 0 Å². The number of ketones is 1. The Morgan fingerprint density at radius 2 is 1.55 bits per heavy atom. The van der Waals surface area contributed by atoms with E-state index in [-0.39, 0.29) is 23.7 Å². The van der Waals surface area contributed by atoms with E-state index in [1.165, 1.54) is 10.8 Å². The summed E-state index contributed by atoms with van der Waals surface area (Å²) in [6.45, 7) is 3.40. The van der Waals surface area contributed by atoms with Gasteiger partial charge < -0.3 is 30.2 Å². The number of aliphatic carboxylic acids is 2. The van der Waals surface area contributed by atoms with Gasteiger partial charge in [-0.2, -0.15) is 26.3 Å². The minimum Gasteiger partial charge on any atom is -0.475 e. The number of rotatable bonds is 10. The van der Waals surface area contributed by atoms with Gasteiger partial charge in [-0.1, -0.05) is 49.2 Å². The van der Waals surface area contributed by atoms with Crippen LogP contribution in [0.1, 0.15) is 57.3 Å². The summed E-state index contributed by atoms with van der Waals surface area (Å²) in [5.41, 5.74) is 2.03. The second kappa shape index (κ2) is 17.4. The molecule has 0 radical (unpaired) electrons. The molecule has 2 aromatic carbocycles. The van der Waals surface area contributed by atoms with Crippen LogP contribution in [0.2, 0.25) is 0 Å². The minimum absolute atomic E-state index is 0.0325. The number of carbonyl (C=O) groups is 4. The molecule has 1 aliphatic rings. The lowest BCUT2D eigenvalue weighted by Gasteiger charge is -2.19. The number of hydrogen-bond acceptors (Lipinski definition) is 6. The summed E-state index contributed by atoms with van der Waals surface area (Å²) in [7, 11) is 2.06. The number of likely N-dealkylation sites (tertiary alicyclic amines) is 1. The van der Waals surface area contributed by atoms with Gasteiger partial charge >= 0.3 is 24.3 Å². The topological polar surface area (TPSA) is 153 Å². The van der Waals surface area contributed by atoms with Gasteiger partial charge in [0.1, 0.15) is 11.6 Å². The average Bonchev–Trinajstić information content (AvgIpc) is 3.65. The summed E-state index contributed by atoms with van der Waals surface area (Å²) in [5.74, 6) is -4.34. The number of aromatic amines is 1. The Kier molecular flexibility index (Phi) is 14.4. The van der Waals surface area contributed by atoms with Crippen LogP contribution in [-0.2, 0) is 19.2 Å². The second-order valence-electron chi connectivity index (χ2n) is 11.0. The molecule has 4 N–H and O–H groups in total. The molecule has 16 heteroatoms. The number of unbranched alkanes of at least 4 members (excludes halogenated alkanes) is 2. The van der Waals surface area contributed by atoms with Crippen LogP contribution < -0.4 is 5.32 Å². The van der Waals surface area contributed by atoms with Gasteiger partial charge in [-0.05, 0) is 56.6 Å². The number of alkyl halides is 6. The molecule has 0 aliphatic carbocycles. The number of carbonyl (C=O) groups excluding carboxylic acids is 2. The fourth-order valence-corrected chi connectivity index (χ4v) is 4.63. The summed E-state index contributed by atoms with van der Waals surface area (Å²) >= 11 is 0. The number of H-pyrrole nitrogens is 1. The monoisotopic (exact) mass is 674 g/mol. The van der Waals surface area contributed by atoms with E-state index in [0.717, 1.165) is 62.3 Å². The Hall–Kier alpha value is -4.47. The van der Waals surface area contributed by atoms with Crippen molar-refractivity contribution in [2.45, 2.75) is 63.8 Å². The first-order chi connectivity index (χ1) is 21.9. The normalized spacial score (nSPS) is 15.5. The van der Waals surface area contributed by atoms with E-state index in [9.17, 15) is 35.9 Å². The summed E-state index contributed by atoms with van der Waals surface area (Å²) in [5, 5.41) is 19.9. The molecule has 1 fully saturated rings. The molecular weight excluding hydrogens is 638 g/mol. The standard InChI is InChI=1S/C27H34N4O2.2C2HF3O2/c1-19(32)8-4-3-5-11-24(30-27(33)23-14-15-31(2)18-23)26-28-17-25(29-26)22-13-12-20-9-6-7-10-21(20)16-22;2*3-2(4,5)1(6)7/h6-7,9-10,12-13,16-17,23-24H,3-5,8,11,14-15,18H2,1-2H3,(H,28,29)(H,30,33);2*(H,6,7)/t23-,24+;;/m1../s1. The zero-order valence-electron chi connectivity index (χ0n) is 25.6. The van der Waals surface area contributed by atoms with Gasteiger partial charge in [0.05, 0.1) is 23.9 Å². The number of fused-ring (bicyclic) bond motifs is 1. The summed E-state index contributed by atoms with van der Waals surface area (Å²) in [4.78, 5) is 52.3. The van der Waals surface area contributed by atoms with Crippen molar-refractivity contribution in [3.63, 3.8) is 0 Å². The summed E-state index contributed by atoms with van der Waals surface area (Å²) in [6, 6.07) is 14.5. The van der Waals surface area contributed by atoms with E-state index < -0.39 is 24.3 Å². The Balaban J connectivity index is 0.000000459. The predicted molar refractivity (Wildman–Crippen MR) is 159 cm³/mol. The molecule has 1 saturated heterocycles. The van der Waals surface area contributed by atoms with Crippen molar-refractivity contribution in [3.8, 4) is 11.3 Å². The van der Waals surface area contributed by atoms with Crippen molar-refractivity contribution in [1.82, 2.24) is 20.2 Å². The molecule has 3 aromatic rings. The predicted octanol–water partition coefficient (Wildman–Crippen LogP) is 6.15. The molecule has 2 atom stereocenters. The van der Waals surface area contributed by atoms with Gasteiger partial charge in [0.15, 0.2) is 0 Å². The van der Waals surface area contributed by atoms with E-state index in [4.69, 9.17) is 19.8 Å². The van der Waals surface area contributed by atoms with Crippen molar-refractivity contribution in [2.24, 2.45) is 5.92 Å². The Labute approximate surface area is 266 Å². The van der Waals surface area contributed by atoms with Crippen LogP contribution >= 0.6 is 0 Å². The third-order valence-corrected chi connectivity index (χ3v) is 7.07. The van der Waals surface area contributed by atoms with E-state index >= 15 is 0 Å². The smallest absolute Gasteiger partial charge is 0.475 e. The van der Waals surface area contributed by atoms with E-state index in [2.05, 4.69) is 57.6 Å². The highest BCUT2D eigenvalue weighted by Crippen LogP contribution is 2.26. The van der Waals surface area contributed by atoms with Crippen LogP contribution in [0.25, 0.3) is 22.0 Å². The van der Waals surface area contributed by atoms with Gasteiger partial charge in [0.2, 0.25) is 5.91 Å². The second-order valence-corrected chi connectivity index (χ2v) is 11.0. The number of nitrogens with zero attached hydrogens (tertiary/aromatic N) is 2. The van der Waals surface area contributed by atoms with Gasteiger partial charge in [0.25, 0.3) is 0 Å². The molecule has 0 spiro atoms. The van der Waals surface area contributed by atoms with Crippen molar-refractivity contribution in [1.29, 1.82) is 0 Å². The first-order valence-corrected chi connectivity index (χ1v) is 14.5. The number of aromatic nitrogens is 2. The average molecular weight is 675 g/mol. The number of Topliss-reactive ketones (excluding diaryl/α,β-unsaturated/α-hetero) is 1. The molecule has 1 aromatic heterocycles.